The number of unbranched alkanes of at least 4 members (excludes halogenated alkanes) is 36. The van der Waals surface area contributed by atoms with E-state index in [1.54, 1.807) is 6.08 Å². The molecule has 0 aliphatic rings. The number of aliphatic hydroxyl groups excluding tert-OH is 2. The van der Waals surface area contributed by atoms with Crippen LogP contribution in [0, 0.1) is 0 Å². The first-order valence-electron chi connectivity index (χ1n) is 28.0. The highest BCUT2D eigenvalue weighted by Gasteiger charge is 2.18. The maximum Gasteiger partial charge on any atom is 0.220 e. The zero-order chi connectivity index (χ0) is 45.6. The van der Waals surface area contributed by atoms with Gasteiger partial charge in [0.1, 0.15) is 0 Å². The molecule has 2 unspecified atom stereocenters. The second-order valence-corrected chi connectivity index (χ2v) is 19.0. The van der Waals surface area contributed by atoms with Gasteiger partial charge in [0, 0.05) is 6.42 Å². The van der Waals surface area contributed by atoms with E-state index in [-0.39, 0.29) is 12.5 Å². The normalized spacial score (nSPS) is 13.3. The van der Waals surface area contributed by atoms with Gasteiger partial charge in [-0.3, -0.25) is 4.79 Å². The molecule has 0 radical (unpaired) electrons. The Balaban J connectivity index is 3.57. The van der Waals surface area contributed by atoms with Crippen molar-refractivity contribution in [2.24, 2.45) is 0 Å². The molecule has 4 nitrogen and oxygen atoms in total. The van der Waals surface area contributed by atoms with Crippen molar-refractivity contribution in [2.75, 3.05) is 6.61 Å². The SMILES string of the molecule is CCCCCCC/C=C\C/C=C\CCCCCCCCCCCCCC(=O)NC(CO)C(O)/C=C/CC/C=C/CC/C=C/CCCCCCCCCCCCCCCCCCCC. The van der Waals surface area contributed by atoms with Crippen LogP contribution in [-0.4, -0.2) is 34.9 Å². The largest absolute Gasteiger partial charge is 0.394 e. The lowest BCUT2D eigenvalue weighted by molar-refractivity contribution is -0.123. The minimum atomic E-state index is -0.874. The highest BCUT2D eigenvalue weighted by Crippen LogP contribution is 2.16. The summed E-state index contributed by atoms with van der Waals surface area (Å²) in [5.74, 6) is -0.0790. The molecule has 3 N–H and O–H groups in total. The first kappa shape index (κ1) is 61.1. The minimum Gasteiger partial charge on any atom is -0.394 e. The monoisotopic (exact) mass is 880 g/mol. The molecule has 2 atom stereocenters. The van der Waals surface area contributed by atoms with Gasteiger partial charge in [0.2, 0.25) is 5.91 Å². The Hall–Kier alpha value is -1.91. The lowest BCUT2D eigenvalue weighted by Crippen LogP contribution is -2.45. The van der Waals surface area contributed by atoms with E-state index in [1.165, 1.54) is 225 Å². The van der Waals surface area contributed by atoms with E-state index < -0.39 is 12.1 Å². The number of hydrogen-bond acceptors (Lipinski definition) is 3. The Morgan fingerprint density at radius 2 is 0.667 bits per heavy atom. The summed E-state index contributed by atoms with van der Waals surface area (Å²) < 4.78 is 0. The summed E-state index contributed by atoms with van der Waals surface area (Å²) in [4.78, 5) is 12.5. The molecule has 0 aromatic heterocycles. The first-order chi connectivity index (χ1) is 31.2. The Labute approximate surface area is 394 Å². The van der Waals surface area contributed by atoms with Gasteiger partial charge in [-0.15, -0.1) is 0 Å². The van der Waals surface area contributed by atoms with E-state index >= 15 is 0 Å². The lowest BCUT2D eigenvalue weighted by atomic mass is 10.0. The zero-order valence-corrected chi connectivity index (χ0v) is 42.3. The van der Waals surface area contributed by atoms with Crippen LogP contribution in [0.25, 0.3) is 0 Å². The third-order valence-electron chi connectivity index (χ3n) is 12.7. The maximum atomic E-state index is 12.5. The molecule has 0 rings (SSSR count). The van der Waals surface area contributed by atoms with Gasteiger partial charge in [0.05, 0.1) is 18.8 Å². The van der Waals surface area contributed by atoms with Crippen LogP contribution < -0.4 is 5.32 Å². The number of nitrogens with one attached hydrogen (secondary N) is 1. The van der Waals surface area contributed by atoms with E-state index in [2.05, 4.69) is 67.8 Å². The van der Waals surface area contributed by atoms with E-state index in [1.807, 2.05) is 6.08 Å². The van der Waals surface area contributed by atoms with Crippen LogP contribution in [0.4, 0.5) is 0 Å². The lowest BCUT2D eigenvalue weighted by Gasteiger charge is -2.19. The fraction of sp³-hybridized carbons (Fsp3) is 0.814. The molecule has 0 saturated carbocycles. The maximum absolute atomic E-state index is 12.5. The van der Waals surface area contributed by atoms with Crippen molar-refractivity contribution in [1.29, 1.82) is 0 Å². The molecule has 63 heavy (non-hydrogen) atoms. The molecule has 0 fully saturated rings. The molecular weight excluding hydrogens is 771 g/mol. The van der Waals surface area contributed by atoms with Gasteiger partial charge in [-0.25, -0.2) is 0 Å². The van der Waals surface area contributed by atoms with Gasteiger partial charge in [0.25, 0.3) is 0 Å². The van der Waals surface area contributed by atoms with Crippen molar-refractivity contribution in [2.45, 2.75) is 302 Å². The van der Waals surface area contributed by atoms with E-state index in [9.17, 15) is 15.0 Å². The molecule has 0 bridgehead atoms. The Bertz CT molecular complexity index is 1040. The van der Waals surface area contributed by atoms with Crippen molar-refractivity contribution in [1.82, 2.24) is 5.32 Å². The third kappa shape index (κ3) is 50.9. The summed E-state index contributed by atoms with van der Waals surface area (Å²) in [6.07, 6.45) is 76.7. The predicted molar refractivity (Wildman–Crippen MR) is 281 cm³/mol. The average Bonchev–Trinajstić information content (AvgIpc) is 3.29. The van der Waals surface area contributed by atoms with Crippen molar-refractivity contribution in [3.05, 3.63) is 60.8 Å². The molecule has 368 valence electrons. The van der Waals surface area contributed by atoms with Crippen LogP contribution in [0.1, 0.15) is 290 Å². The van der Waals surface area contributed by atoms with Crippen LogP contribution in [0.5, 0.6) is 0 Å². The van der Waals surface area contributed by atoms with Crippen molar-refractivity contribution < 1.29 is 15.0 Å². The number of aliphatic hydroxyl groups is 2. The topological polar surface area (TPSA) is 69.6 Å². The summed E-state index contributed by atoms with van der Waals surface area (Å²) in [5, 5.41) is 23.1. The number of rotatable bonds is 51. The molecule has 0 aromatic carbocycles. The van der Waals surface area contributed by atoms with E-state index in [0.717, 1.165) is 44.9 Å². The standard InChI is InChI=1S/C59H109NO3/c1-3-5-7-9-11-13-15-17-19-21-23-25-27-28-29-30-31-33-34-36-38-40-42-44-46-48-50-52-54-58(62)57(56-61)60-59(63)55-53-51-49-47-45-43-41-39-37-35-32-26-24-22-20-18-16-14-12-10-8-6-4-2/h16,18,22,24,36,38,44,46,52,54,57-58,61-62H,3-15,17,19-21,23,25-35,37,39-43,45,47-51,53,55-56H2,1-2H3,(H,60,63)/b18-16-,24-22-,38-36+,46-44+,54-52+. The van der Waals surface area contributed by atoms with Gasteiger partial charge >= 0.3 is 0 Å². The van der Waals surface area contributed by atoms with Crippen LogP contribution in [0.3, 0.4) is 0 Å². The fourth-order valence-electron chi connectivity index (χ4n) is 8.42. The van der Waals surface area contributed by atoms with Crippen molar-refractivity contribution in [3.8, 4) is 0 Å². The Morgan fingerprint density at radius 3 is 1.02 bits per heavy atom. The molecule has 4 heteroatoms. The van der Waals surface area contributed by atoms with Gasteiger partial charge in [0.15, 0.2) is 0 Å². The zero-order valence-electron chi connectivity index (χ0n) is 42.3. The molecule has 0 spiro atoms. The molecule has 0 aromatic rings. The van der Waals surface area contributed by atoms with Crippen LogP contribution in [0.2, 0.25) is 0 Å². The average molecular weight is 881 g/mol. The second-order valence-electron chi connectivity index (χ2n) is 19.0. The Morgan fingerprint density at radius 1 is 0.381 bits per heavy atom. The quantitative estimate of drug-likeness (QED) is 0.0421. The highest BCUT2D eigenvalue weighted by atomic mass is 16.3. The molecule has 0 saturated heterocycles. The predicted octanol–water partition coefficient (Wildman–Crippen LogP) is 18.4. The molecule has 0 heterocycles. The molecule has 0 aliphatic heterocycles. The molecular formula is C59H109NO3. The van der Waals surface area contributed by atoms with Gasteiger partial charge < -0.3 is 15.5 Å². The summed E-state index contributed by atoms with van der Waals surface area (Å²) >= 11 is 0. The molecule has 1 amide bonds. The van der Waals surface area contributed by atoms with Crippen LogP contribution in [0.15, 0.2) is 60.8 Å². The summed E-state index contributed by atoms with van der Waals surface area (Å²) in [6.45, 7) is 4.30. The minimum absolute atomic E-state index is 0.0790. The first-order valence-corrected chi connectivity index (χ1v) is 28.0. The third-order valence-corrected chi connectivity index (χ3v) is 12.7. The number of carbonyl (C=O) groups is 1. The highest BCUT2D eigenvalue weighted by molar-refractivity contribution is 5.76. The van der Waals surface area contributed by atoms with Crippen molar-refractivity contribution >= 4 is 5.91 Å². The summed E-state index contributed by atoms with van der Waals surface area (Å²) in [6, 6.07) is -0.650. The van der Waals surface area contributed by atoms with Gasteiger partial charge in [-0.2, -0.15) is 0 Å². The summed E-state index contributed by atoms with van der Waals surface area (Å²) in [7, 11) is 0. The smallest absolute Gasteiger partial charge is 0.220 e. The molecule has 0 aliphatic carbocycles. The number of carbonyl (C=O) groups excluding carboxylic acids is 1. The van der Waals surface area contributed by atoms with Gasteiger partial charge in [-0.05, 0) is 77.0 Å². The fourth-order valence-corrected chi connectivity index (χ4v) is 8.42. The summed E-state index contributed by atoms with van der Waals surface area (Å²) in [5.41, 5.74) is 0. The van der Waals surface area contributed by atoms with Crippen molar-refractivity contribution in [3.63, 3.8) is 0 Å². The van der Waals surface area contributed by atoms with Crippen LogP contribution >= 0.6 is 0 Å². The second kappa shape index (κ2) is 54.4. The number of allylic oxidation sites excluding steroid dienone is 9. The number of amides is 1. The van der Waals surface area contributed by atoms with E-state index in [0.29, 0.717) is 6.42 Å². The van der Waals surface area contributed by atoms with Gasteiger partial charge in [-0.1, -0.05) is 267 Å². The van der Waals surface area contributed by atoms with Crippen LogP contribution in [-0.2, 0) is 4.79 Å². The van der Waals surface area contributed by atoms with E-state index in [4.69, 9.17) is 0 Å². The number of hydrogen-bond donors (Lipinski definition) is 3. The Kier molecular flexibility index (Phi) is 52.8.